The van der Waals surface area contributed by atoms with E-state index in [1.165, 1.54) is 0 Å². The molecule has 0 saturated heterocycles. The molecule has 0 aromatic heterocycles. The van der Waals surface area contributed by atoms with Crippen LogP contribution in [-0.2, 0) is 18.5 Å². The van der Waals surface area contributed by atoms with Gasteiger partial charge in [0.1, 0.15) is 0 Å². The van der Waals surface area contributed by atoms with Crippen molar-refractivity contribution in [3.8, 4) is 0 Å². The number of hydrogen-bond acceptors (Lipinski definition) is 0. The summed E-state index contributed by atoms with van der Waals surface area (Å²) < 4.78 is 0. The van der Waals surface area contributed by atoms with Crippen molar-refractivity contribution in [2.45, 2.75) is 0 Å². The van der Waals surface area contributed by atoms with Gasteiger partial charge in [-0.1, -0.05) is 0 Å². The number of halogens is 2. The van der Waals surface area contributed by atoms with Gasteiger partial charge >= 0.3 is 43.0 Å². The second-order valence-corrected chi connectivity index (χ2v) is 13.3. The summed E-state index contributed by atoms with van der Waals surface area (Å²) >= 11 is 6.32. The first-order valence-corrected chi connectivity index (χ1v) is 15.0. The SMILES string of the molecule is [Br][Zr][Br].c1cc[cH-]c1.c1cc[cH-]c1. The van der Waals surface area contributed by atoms with E-state index in [0.717, 1.165) is 0 Å². The van der Waals surface area contributed by atoms with Crippen LogP contribution in [0, 0.1) is 0 Å². The predicted molar refractivity (Wildman–Crippen MR) is 61.9 cm³/mol. The second-order valence-electron chi connectivity index (χ2n) is 2.00. The third-order valence-electron chi connectivity index (χ3n) is 1.11. The van der Waals surface area contributed by atoms with Crippen LogP contribution < -0.4 is 0 Å². The molecule has 0 heterocycles. The van der Waals surface area contributed by atoms with Crippen LogP contribution in [0.25, 0.3) is 0 Å². The van der Waals surface area contributed by atoms with Crippen molar-refractivity contribution in [1.82, 2.24) is 0 Å². The van der Waals surface area contributed by atoms with Gasteiger partial charge in [0.15, 0.2) is 0 Å². The summed E-state index contributed by atoms with van der Waals surface area (Å²) in [6.07, 6.45) is 0. The van der Waals surface area contributed by atoms with Crippen molar-refractivity contribution < 1.29 is 18.5 Å². The Bertz CT molecular complexity index is 165. The Morgan fingerprint density at radius 3 is 1.00 bits per heavy atom. The monoisotopic (exact) mass is 378 g/mol. The Hall–Kier alpha value is 0.543. The van der Waals surface area contributed by atoms with Crippen LogP contribution in [-0.4, -0.2) is 0 Å². The van der Waals surface area contributed by atoms with Crippen LogP contribution in [0.5, 0.6) is 0 Å². The molecule has 0 atom stereocenters. The van der Waals surface area contributed by atoms with Crippen molar-refractivity contribution in [1.29, 1.82) is 0 Å². The minimum Gasteiger partial charge on any atom is -0.214 e. The van der Waals surface area contributed by atoms with E-state index in [2.05, 4.69) is 24.4 Å². The summed E-state index contributed by atoms with van der Waals surface area (Å²) in [6.45, 7) is 0. The summed E-state index contributed by atoms with van der Waals surface area (Å²) in [5.41, 5.74) is 0. The molecule has 70 valence electrons. The van der Waals surface area contributed by atoms with Gasteiger partial charge in [0, 0.05) is 0 Å². The third-order valence-corrected chi connectivity index (χ3v) is 1.11. The van der Waals surface area contributed by atoms with Crippen LogP contribution in [0.4, 0.5) is 0 Å². The molecule has 2 rings (SSSR count). The second kappa shape index (κ2) is 12.5. The van der Waals surface area contributed by atoms with Gasteiger partial charge in [0.2, 0.25) is 0 Å². The fraction of sp³-hybridized carbons (Fsp3) is 0. The van der Waals surface area contributed by atoms with Crippen LogP contribution in [0.2, 0.25) is 0 Å². The summed E-state index contributed by atoms with van der Waals surface area (Å²) in [4.78, 5) is 0. The molecule has 0 spiro atoms. The quantitative estimate of drug-likeness (QED) is 0.590. The van der Waals surface area contributed by atoms with E-state index in [1.54, 1.807) is 0 Å². The number of rotatable bonds is 0. The van der Waals surface area contributed by atoms with Crippen LogP contribution in [0.15, 0.2) is 60.7 Å². The molecule has 0 unspecified atom stereocenters. The molecule has 0 N–H and O–H groups in total. The summed E-state index contributed by atoms with van der Waals surface area (Å²) in [5.74, 6) is 0. The summed E-state index contributed by atoms with van der Waals surface area (Å²) in [5, 5.41) is 0. The molecule has 0 fully saturated rings. The fourth-order valence-electron chi connectivity index (χ4n) is 0.642. The van der Waals surface area contributed by atoms with Gasteiger partial charge in [0.25, 0.3) is 0 Å². The molecule has 0 radical (unpaired) electrons. The Kier molecular flexibility index (Phi) is 13.1. The molecule has 0 nitrogen and oxygen atoms in total. The van der Waals surface area contributed by atoms with Crippen molar-refractivity contribution in [3.63, 3.8) is 0 Å². The molecule has 0 aliphatic heterocycles. The molecule has 0 saturated carbocycles. The Morgan fingerprint density at radius 1 is 0.692 bits per heavy atom. The topological polar surface area (TPSA) is 0 Å². The molecule has 13 heavy (non-hydrogen) atoms. The van der Waals surface area contributed by atoms with Crippen LogP contribution >= 0.6 is 24.4 Å². The van der Waals surface area contributed by atoms with E-state index < -0.39 is 0 Å². The van der Waals surface area contributed by atoms with Crippen molar-refractivity contribution in [3.05, 3.63) is 60.7 Å². The first-order chi connectivity index (χ1) is 6.41. The molecule has 0 bridgehead atoms. The Morgan fingerprint density at radius 2 is 0.923 bits per heavy atom. The molecule has 0 aliphatic rings. The van der Waals surface area contributed by atoms with Gasteiger partial charge < -0.3 is 0 Å². The van der Waals surface area contributed by atoms with Crippen LogP contribution in [0.1, 0.15) is 0 Å². The molecule has 2 aromatic rings. The van der Waals surface area contributed by atoms with Gasteiger partial charge in [-0.2, -0.15) is 36.4 Å². The largest absolute Gasteiger partial charge is 0.214 e. The van der Waals surface area contributed by atoms with E-state index in [-0.39, 0.29) is 18.5 Å². The molecule has 0 amide bonds. The minimum atomic E-state index is -0.145. The zero-order valence-electron chi connectivity index (χ0n) is 7.03. The fourth-order valence-corrected chi connectivity index (χ4v) is 0.642. The van der Waals surface area contributed by atoms with E-state index >= 15 is 0 Å². The molecule has 2 aromatic carbocycles. The average Bonchev–Trinajstić information content (AvgIpc) is 2.85. The maximum absolute atomic E-state index is 3.23. The Labute approximate surface area is 103 Å². The van der Waals surface area contributed by atoms with E-state index in [9.17, 15) is 0 Å². The average molecular weight is 381 g/mol. The first kappa shape index (κ1) is 13.5. The van der Waals surface area contributed by atoms with Gasteiger partial charge in [-0.3, -0.25) is 0 Å². The molecule has 3 heteroatoms. The van der Waals surface area contributed by atoms with E-state index in [1.807, 2.05) is 60.7 Å². The zero-order valence-corrected chi connectivity index (χ0v) is 12.7. The predicted octanol–water partition coefficient (Wildman–Crippen LogP) is 4.50. The van der Waals surface area contributed by atoms with Crippen molar-refractivity contribution in [2.24, 2.45) is 0 Å². The van der Waals surface area contributed by atoms with Crippen molar-refractivity contribution in [2.75, 3.05) is 0 Å². The Balaban J connectivity index is 0.000000174. The van der Waals surface area contributed by atoms with E-state index in [4.69, 9.17) is 0 Å². The van der Waals surface area contributed by atoms with Crippen LogP contribution in [0.3, 0.4) is 0 Å². The third kappa shape index (κ3) is 12.5. The minimum absolute atomic E-state index is 0.145. The number of hydrogen-bond donors (Lipinski definition) is 0. The first-order valence-electron chi connectivity index (χ1n) is 3.71. The van der Waals surface area contributed by atoms with Gasteiger partial charge in [0.05, 0.1) is 0 Å². The standard InChI is InChI=1S/2C5H5.2BrH.Zr/c2*1-2-4-5-3-1;;;/h2*1-5H;2*1H;/q2*-1;;;+2/p-2. The molecular formula is C10H10Br2Zr-2. The van der Waals surface area contributed by atoms with Crippen molar-refractivity contribution >= 4 is 24.4 Å². The zero-order chi connectivity index (χ0) is 9.78. The molecular weight excluding hydrogens is 371 g/mol. The van der Waals surface area contributed by atoms with Gasteiger partial charge in [-0.25, -0.2) is 24.3 Å². The van der Waals surface area contributed by atoms with Gasteiger partial charge in [-0.05, 0) is 0 Å². The normalized spacial score (nSPS) is 7.23. The maximum Gasteiger partial charge on any atom is -0.172 e. The van der Waals surface area contributed by atoms with Gasteiger partial charge in [-0.15, -0.1) is 0 Å². The summed E-state index contributed by atoms with van der Waals surface area (Å²) in [7, 11) is 0. The van der Waals surface area contributed by atoms with E-state index in [0.29, 0.717) is 0 Å². The molecule has 0 aliphatic carbocycles. The smallest absolute Gasteiger partial charge is 0.172 e. The summed E-state index contributed by atoms with van der Waals surface area (Å²) in [6, 6.07) is 20.0. The maximum atomic E-state index is 3.23.